The molecule has 21 heavy (non-hydrogen) atoms. The third-order valence-electron chi connectivity index (χ3n) is 2.97. The first kappa shape index (κ1) is 14.9. The number of rotatable bonds is 6. The van der Waals surface area contributed by atoms with Crippen LogP contribution in [0.3, 0.4) is 0 Å². The average Bonchev–Trinajstić information content (AvgIpc) is 2.95. The smallest absolute Gasteiger partial charge is 0.319 e. The first-order valence-corrected chi connectivity index (χ1v) is 6.93. The third-order valence-corrected chi connectivity index (χ3v) is 2.97. The number of benzene rings is 1. The van der Waals surface area contributed by atoms with E-state index < -0.39 is 0 Å². The standard InChI is InChI=1S/C15H20N4O2/c1-3-21-13-4-5-14(12(2)10-13)18-15(20)17-7-9-19-8-6-16-11-19/h4-6,8,10-11H,3,7,9H2,1-2H3,(H2,17,18,20). The normalized spacial score (nSPS) is 10.2. The van der Waals surface area contributed by atoms with Gasteiger partial charge in [0.2, 0.25) is 0 Å². The number of nitrogens with zero attached hydrogens (tertiary/aromatic N) is 2. The minimum Gasteiger partial charge on any atom is -0.494 e. The zero-order valence-electron chi connectivity index (χ0n) is 12.3. The molecule has 6 nitrogen and oxygen atoms in total. The van der Waals surface area contributed by atoms with E-state index in [9.17, 15) is 4.79 Å². The van der Waals surface area contributed by atoms with Crippen molar-refractivity contribution in [3.05, 3.63) is 42.5 Å². The highest BCUT2D eigenvalue weighted by Crippen LogP contribution is 2.21. The minimum atomic E-state index is -0.220. The molecule has 0 aliphatic heterocycles. The van der Waals surface area contributed by atoms with Gasteiger partial charge in [0, 0.05) is 31.2 Å². The number of carbonyl (C=O) groups excluding carboxylic acids is 1. The van der Waals surface area contributed by atoms with Gasteiger partial charge in [-0.15, -0.1) is 0 Å². The second-order valence-electron chi connectivity index (χ2n) is 4.59. The van der Waals surface area contributed by atoms with Crippen molar-refractivity contribution in [2.24, 2.45) is 0 Å². The van der Waals surface area contributed by atoms with Crippen LogP contribution in [0.4, 0.5) is 10.5 Å². The van der Waals surface area contributed by atoms with Crippen molar-refractivity contribution in [1.29, 1.82) is 0 Å². The van der Waals surface area contributed by atoms with Crippen LogP contribution in [0.5, 0.6) is 5.75 Å². The topological polar surface area (TPSA) is 68.2 Å². The number of hydrogen-bond acceptors (Lipinski definition) is 3. The lowest BCUT2D eigenvalue weighted by molar-refractivity contribution is 0.251. The summed E-state index contributed by atoms with van der Waals surface area (Å²) in [7, 11) is 0. The molecule has 0 saturated heterocycles. The molecule has 1 aromatic carbocycles. The summed E-state index contributed by atoms with van der Waals surface area (Å²) in [5, 5.41) is 5.64. The van der Waals surface area contributed by atoms with Gasteiger partial charge >= 0.3 is 6.03 Å². The molecule has 2 rings (SSSR count). The Bertz CT molecular complexity index is 581. The molecular formula is C15H20N4O2. The van der Waals surface area contributed by atoms with E-state index >= 15 is 0 Å². The van der Waals surface area contributed by atoms with Gasteiger partial charge in [0.05, 0.1) is 12.9 Å². The Kier molecular flexibility index (Phi) is 5.20. The number of urea groups is 1. The van der Waals surface area contributed by atoms with Crippen LogP contribution in [0.15, 0.2) is 36.9 Å². The van der Waals surface area contributed by atoms with Crippen LogP contribution in [0.25, 0.3) is 0 Å². The molecule has 6 heteroatoms. The zero-order valence-corrected chi connectivity index (χ0v) is 12.3. The molecule has 0 unspecified atom stereocenters. The van der Waals surface area contributed by atoms with E-state index in [-0.39, 0.29) is 6.03 Å². The lowest BCUT2D eigenvalue weighted by Gasteiger charge is -2.11. The van der Waals surface area contributed by atoms with Crippen molar-refractivity contribution < 1.29 is 9.53 Å². The van der Waals surface area contributed by atoms with Gasteiger partial charge in [-0.3, -0.25) is 0 Å². The predicted octanol–water partition coefficient (Wildman–Crippen LogP) is 2.41. The fraction of sp³-hybridized carbons (Fsp3) is 0.333. The zero-order chi connectivity index (χ0) is 15.1. The highest BCUT2D eigenvalue weighted by molar-refractivity contribution is 5.90. The summed E-state index contributed by atoms with van der Waals surface area (Å²) in [6.45, 7) is 5.73. The van der Waals surface area contributed by atoms with Crippen molar-refractivity contribution in [2.45, 2.75) is 20.4 Å². The average molecular weight is 288 g/mol. The van der Waals surface area contributed by atoms with Crippen LogP contribution < -0.4 is 15.4 Å². The lowest BCUT2D eigenvalue weighted by atomic mass is 10.2. The quantitative estimate of drug-likeness (QED) is 0.857. The van der Waals surface area contributed by atoms with E-state index in [1.165, 1.54) is 0 Å². The Morgan fingerprint density at radius 1 is 1.43 bits per heavy atom. The second-order valence-corrected chi connectivity index (χ2v) is 4.59. The highest BCUT2D eigenvalue weighted by atomic mass is 16.5. The molecule has 2 N–H and O–H groups in total. The number of amides is 2. The van der Waals surface area contributed by atoms with Crippen molar-refractivity contribution >= 4 is 11.7 Å². The highest BCUT2D eigenvalue weighted by Gasteiger charge is 2.05. The summed E-state index contributed by atoms with van der Waals surface area (Å²) in [6.07, 6.45) is 5.29. The second kappa shape index (κ2) is 7.33. The van der Waals surface area contributed by atoms with Gasteiger partial charge in [-0.05, 0) is 37.6 Å². The molecule has 1 heterocycles. The number of anilines is 1. The molecule has 0 aliphatic carbocycles. The van der Waals surface area contributed by atoms with E-state index in [0.717, 1.165) is 17.0 Å². The summed E-state index contributed by atoms with van der Waals surface area (Å²) in [4.78, 5) is 15.8. The molecule has 0 radical (unpaired) electrons. The number of aromatic nitrogens is 2. The summed E-state index contributed by atoms with van der Waals surface area (Å²) >= 11 is 0. The summed E-state index contributed by atoms with van der Waals surface area (Å²) in [6, 6.07) is 5.38. The molecule has 0 bridgehead atoms. The van der Waals surface area contributed by atoms with Gasteiger partial charge in [-0.2, -0.15) is 0 Å². The van der Waals surface area contributed by atoms with Crippen LogP contribution in [0, 0.1) is 6.92 Å². The first-order chi connectivity index (χ1) is 10.2. The molecule has 0 fully saturated rings. The first-order valence-electron chi connectivity index (χ1n) is 6.93. The number of ether oxygens (including phenoxy) is 1. The van der Waals surface area contributed by atoms with E-state index in [1.54, 1.807) is 12.5 Å². The number of hydrogen-bond donors (Lipinski definition) is 2. The number of aryl methyl sites for hydroxylation is 1. The maximum absolute atomic E-state index is 11.8. The lowest BCUT2D eigenvalue weighted by Crippen LogP contribution is -2.31. The largest absolute Gasteiger partial charge is 0.494 e. The third kappa shape index (κ3) is 4.52. The van der Waals surface area contributed by atoms with Crippen LogP contribution in [-0.2, 0) is 6.54 Å². The number of carbonyl (C=O) groups is 1. The van der Waals surface area contributed by atoms with Crippen molar-refractivity contribution in [1.82, 2.24) is 14.9 Å². The molecule has 2 aromatic rings. The molecular weight excluding hydrogens is 268 g/mol. The van der Waals surface area contributed by atoms with Gasteiger partial charge in [0.15, 0.2) is 0 Å². The van der Waals surface area contributed by atoms with Crippen molar-refractivity contribution in [3.8, 4) is 5.75 Å². The molecule has 1 aromatic heterocycles. The van der Waals surface area contributed by atoms with Gasteiger partial charge in [-0.25, -0.2) is 9.78 Å². The van der Waals surface area contributed by atoms with Gasteiger partial charge in [0.1, 0.15) is 5.75 Å². The van der Waals surface area contributed by atoms with Crippen LogP contribution in [-0.4, -0.2) is 28.7 Å². The summed E-state index contributed by atoms with van der Waals surface area (Å²) in [5.74, 6) is 0.807. The molecule has 0 aliphatic rings. The Morgan fingerprint density at radius 3 is 2.95 bits per heavy atom. The van der Waals surface area contributed by atoms with E-state index in [4.69, 9.17) is 4.74 Å². The molecule has 112 valence electrons. The van der Waals surface area contributed by atoms with Crippen LogP contribution >= 0.6 is 0 Å². The molecule has 0 saturated carbocycles. The molecule has 0 atom stereocenters. The maximum Gasteiger partial charge on any atom is 0.319 e. The van der Waals surface area contributed by atoms with Gasteiger partial charge in [-0.1, -0.05) is 0 Å². The fourth-order valence-corrected chi connectivity index (χ4v) is 1.92. The van der Waals surface area contributed by atoms with Gasteiger partial charge in [0.25, 0.3) is 0 Å². The Morgan fingerprint density at radius 2 is 2.29 bits per heavy atom. The Labute approximate surface area is 124 Å². The summed E-state index contributed by atoms with van der Waals surface area (Å²) in [5.41, 5.74) is 1.74. The monoisotopic (exact) mass is 288 g/mol. The van der Waals surface area contributed by atoms with Crippen molar-refractivity contribution in [2.75, 3.05) is 18.5 Å². The van der Waals surface area contributed by atoms with Crippen molar-refractivity contribution in [3.63, 3.8) is 0 Å². The number of nitrogens with one attached hydrogen (secondary N) is 2. The van der Waals surface area contributed by atoms with E-state index in [1.807, 2.05) is 42.8 Å². The van der Waals surface area contributed by atoms with E-state index in [2.05, 4.69) is 15.6 Å². The Balaban J connectivity index is 1.81. The predicted molar refractivity (Wildman–Crippen MR) is 81.6 cm³/mol. The Hall–Kier alpha value is -2.50. The molecule has 0 spiro atoms. The summed E-state index contributed by atoms with van der Waals surface area (Å²) < 4.78 is 7.32. The van der Waals surface area contributed by atoms with Crippen LogP contribution in [0.1, 0.15) is 12.5 Å². The van der Waals surface area contributed by atoms with E-state index in [0.29, 0.717) is 19.7 Å². The number of imidazole rings is 1. The SMILES string of the molecule is CCOc1ccc(NC(=O)NCCn2ccnc2)c(C)c1. The van der Waals surface area contributed by atoms with Gasteiger partial charge < -0.3 is 19.9 Å². The van der Waals surface area contributed by atoms with Crippen LogP contribution in [0.2, 0.25) is 0 Å². The molecule has 2 amide bonds. The minimum absolute atomic E-state index is 0.220. The fourth-order valence-electron chi connectivity index (χ4n) is 1.92. The maximum atomic E-state index is 11.8.